The maximum atomic E-state index is 2.67. The first kappa shape index (κ1) is 16.5. The summed E-state index contributed by atoms with van der Waals surface area (Å²) in [6.07, 6.45) is 18.5. The fourth-order valence-electron chi connectivity index (χ4n) is 7.97. The molecule has 4 saturated carbocycles. The van der Waals surface area contributed by atoms with Crippen molar-refractivity contribution < 1.29 is 0 Å². The first-order chi connectivity index (χ1) is 11.1. The second-order valence-electron chi connectivity index (χ2n) is 10.4. The summed E-state index contributed by atoms with van der Waals surface area (Å²) in [4.78, 5) is 0. The molecule has 4 aliphatic carbocycles. The van der Waals surface area contributed by atoms with Crippen molar-refractivity contribution in [3.8, 4) is 0 Å². The van der Waals surface area contributed by atoms with Crippen LogP contribution < -0.4 is 0 Å². The predicted octanol–water partition coefficient (Wildman–Crippen LogP) is 7.08. The van der Waals surface area contributed by atoms with E-state index in [0.717, 1.165) is 41.4 Å². The summed E-state index contributed by atoms with van der Waals surface area (Å²) in [6.45, 7) is 7.96. The lowest BCUT2D eigenvalue weighted by Crippen LogP contribution is -2.41. The molecule has 7 unspecified atom stereocenters. The van der Waals surface area contributed by atoms with Gasteiger partial charge in [-0.05, 0) is 85.4 Å². The summed E-state index contributed by atoms with van der Waals surface area (Å²) in [5, 5.41) is 0. The minimum Gasteiger partial charge on any atom is -0.0620 e. The van der Waals surface area contributed by atoms with Crippen LogP contribution in [-0.4, -0.2) is 0 Å². The normalized spacial score (nSPS) is 47.6. The van der Waals surface area contributed by atoms with Gasteiger partial charge in [0, 0.05) is 0 Å². The molecule has 0 saturated heterocycles. The highest BCUT2D eigenvalue weighted by Gasteiger charge is 2.51. The maximum Gasteiger partial charge on any atom is -0.0297 e. The molecule has 0 bridgehead atoms. The SMILES string of the molecule is CC1C2CC3CCCCC3C2CCC1C(C)C1(C)CCCCC1. The van der Waals surface area contributed by atoms with Crippen LogP contribution in [0.1, 0.15) is 97.8 Å². The van der Waals surface area contributed by atoms with E-state index in [-0.39, 0.29) is 0 Å². The lowest BCUT2D eigenvalue weighted by Gasteiger charge is -2.49. The number of rotatable bonds is 2. The number of fused-ring (bicyclic) bond motifs is 3. The third-order valence-corrected chi connectivity index (χ3v) is 9.56. The molecule has 0 aliphatic heterocycles. The molecule has 0 amide bonds. The minimum absolute atomic E-state index is 0.662. The van der Waals surface area contributed by atoms with Gasteiger partial charge in [0.25, 0.3) is 0 Å². The summed E-state index contributed by atoms with van der Waals surface area (Å²) in [6, 6.07) is 0. The molecular weight excluding hydrogens is 276 g/mol. The zero-order chi connectivity index (χ0) is 16.0. The average molecular weight is 317 g/mol. The van der Waals surface area contributed by atoms with Crippen LogP contribution in [0.3, 0.4) is 0 Å². The van der Waals surface area contributed by atoms with Gasteiger partial charge in [0.05, 0.1) is 0 Å². The van der Waals surface area contributed by atoms with Gasteiger partial charge in [-0.1, -0.05) is 59.3 Å². The van der Waals surface area contributed by atoms with Gasteiger partial charge < -0.3 is 0 Å². The molecule has 0 heterocycles. The average Bonchev–Trinajstić information content (AvgIpc) is 2.95. The second kappa shape index (κ2) is 6.38. The monoisotopic (exact) mass is 316 g/mol. The molecule has 0 nitrogen and oxygen atoms in total. The molecule has 7 atom stereocenters. The molecule has 0 heteroatoms. The van der Waals surface area contributed by atoms with E-state index in [0.29, 0.717) is 5.41 Å². The van der Waals surface area contributed by atoms with Crippen LogP contribution in [0.5, 0.6) is 0 Å². The molecule has 0 spiro atoms. The Labute approximate surface area is 145 Å². The van der Waals surface area contributed by atoms with Gasteiger partial charge >= 0.3 is 0 Å². The third kappa shape index (κ3) is 2.81. The number of hydrogen-bond acceptors (Lipinski definition) is 0. The van der Waals surface area contributed by atoms with E-state index in [1.807, 2.05) is 0 Å². The van der Waals surface area contributed by atoms with Crippen molar-refractivity contribution in [3.05, 3.63) is 0 Å². The summed E-state index contributed by atoms with van der Waals surface area (Å²) in [7, 11) is 0. The molecule has 132 valence electrons. The lowest BCUT2D eigenvalue weighted by atomic mass is 9.56. The van der Waals surface area contributed by atoms with Gasteiger partial charge in [-0.25, -0.2) is 0 Å². The van der Waals surface area contributed by atoms with E-state index in [2.05, 4.69) is 20.8 Å². The largest absolute Gasteiger partial charge is 0.0620 e. The summed E-state index contributed by atoms with van der Waals surface area (Å²) < 4.78 is 0. The Kier molecular flexibility index (Phi) is 4.57. The Morgan fingerprint density at radius 3 is 2.30 bits per heavy atom. The molecule has 0 aromatic heterocycles. The van der Waals surface area contributed by atoms with Crippen molar-refractivity contribution in [2.45, 2.75) is 97.8 Å². The van der Waals surface area contributed by atoms with E-state index in [9.17, 15) is 0 Å². The molecule has 4 aliphatic rings. The first-order valence-electron chi connectivity index (χ1n) is 11.1. The summed E-state index contributed by atoms with van der Waals surface area (Å²) in [5.41, 5.74) is 0.662. The van der Waals surface area contributed by atoms with Crippen LogP contribution in [0.25, 0.3) is 0 Å². The van der Waals surface area contributed by atoms with Gasteiger partial charge in [0.1, 0.15) is 0 Å². The van der Waals surface area contributed by atoms with E-state index < -0.39 is 0 Å². The summed E-state index contributed by atoms with van der Waals surface area (Å²) in [5.74, 6) is 7.47. The first-order valence-corrected chi connectivity index (χ1v) is 11.1. The third-order valence-electron chi connectivity index (χ3n) is 9.56. The second-order valence-corrected chi connectivity index (χ2v) is 10.4. The van der Waals surface area contributed by atoms with Crippen molar-refractivity contribution in [3.63, 3.8) is 0 Å². The molecule has 0 aromatic rings. The van der Waals surface area contributed by atoms with Crippen LogP contribution in [0.2, 0.25) is 0 Å². The smallest absolute Gasteiger partial charge is 0.0297 e. The van der Waals surface area contributed by atoms with Gasteiger partial charge in [-0.3, -0.25) is 0 Å². The van der Waals surface area contributed by atoms with Crippen molar-refractivity contribution in [2.75, 3.05) is 0 Å². The van der Waals surface area contributed by atoms with Crippen LogP contribution >= 0.6 is 0 Å². The van der Waals surface area contributed by atoms with E-state index in [1.165, 1.54) is 44.9 Å². The Morgan fingerprint density at radius 2 is 1.52 bits per heavy atom. The zero-order valence-corrected chi connectivity index (χ0v) is 16.0. The van der Waals surface area contributed by atoms with Gasteiger partial charge in [0.15, 0.2) is 0 Å². The highest BCUT2D eigenvalue weighted by molar-refractivity contribution is 5.00. The molecule has 4 fully saturated rings. The fraction of sp³-hybridized carbons (Fsp3) is 1.00. The Balaban J connectivity index is 1.47. The molecule has 0 radical (unpaired) electrons. The Hall–Kier alpha value is 0. The maximum absolute atomic E-state index is 2.67. The van der Waals surface area contributed by atoms with Crippen LogP contribution in [0.4, 0.5) is 0 Å². The molecule has 4 rings (SSSR count). The molecular formula is C23H40. The van der Waals surface area contributed by atoms with Crippen LogP contribution in [0.15, 0.2) is 0 Å². The molecule has 0 N–H and O–H groups in total. The molecule has 23 heavy (non-hydrogen) atoms. The Morgan fingerprint density at radius 1 is 0.783 bits per heavy atom. The summed E-state index contributed by atoms with van der Waals surface area (Å²) >= 11 is 0. The van der Waals surface area contributed by atoms with Crippen molar-refractivity contribution in [1.29, 1.82) is 0 Å². The highest BCUT2D eigenvalue weighted by Crippen LogP contribution is 2.60. The predicted molar refractivity (Wildman–Crippen MR) is 99.3 cm³/mol. The standard InChI is InChI=1S/C23H40/c1-16-19(17(2)23(3)13-7-4-8-14-23)11-12-21-20-10-6-5-9-18(20)15-22(16)21/h16-22H,4-15H2,1-3H3. The number of hydrogen-bond donors (Lipinski definition) is 0. The lowest BCUT2D eigenvalue weighted by molar-refractivity contribution is 0.00160. The Bertz CT molecular complexity index is 404. The molecule has 0 aromatic carbocycles. The van der Waals surface area contributed by atoms with E-state index in [1.54, 1.807) is 32.1 Å². The fourth-order valence-corrected chi connectivity index (χ4v) is 7.97. The quantitative estimate of drug-likeness (QED) is 0.510. The van der Waals surface area contributed by atoms with Crippen molar-refractivity contribution in [1.82, 2.24) is 0 Å². The van der Waals surface area contributed by atoms with Gasteiger partial charge in [-0.15, -0.1) is 0 Å². The van der Waals surface area contributed by atoms with Gasteiger partial charge in [0.2, 0.25) is 0 Å². The highest BCUT2D eigenvalue weighted by atomic mass is 14.6. The topological polar surface area (TPSA) is 0 Å². The van der Waals surface area contributed by atoms with E-state index >= 15 is 0 Å². The zero-order valence-electron chi connectivity index (χ0n) is 16.0. The van der Waals surface area contributed by atoms with E-state index in [4.69, 9.17) is 0 Å². The van der Waals surface area contributed by atoms with Crippen LogP contribution in [0, 0.1) is 46.8 Å². The van der Waals surface area contributed by atoms with Crippen molar-refractivity contribution in [2.24, 2.45) is 46.8 Å². The van der Waals surface area contributed by atoms with Crippen LogP contribution in [-0.2, 0) is 0 Å². The van der Waals surface area contributed by atoms with Gasteiger partial charge in [-0.2, -0.15) is 0 Å². The minimum atomic E-state index is 0.662. The van der Waals surface area contributed by atoms with Crippen molar-refractivity contribution >= 4 is 0 Å².